The molecule has 0 saturated carbocycles. The maximum atomic E-state index is 12.4. The number of hydrogen-bond donors (Lipinski definition) is 1. The molecule has 18 heavy (non-hydrogen) atoms. The summed E-state index contributed by atoms with van der Waals surface area (Å²) in [5.74, 6) is 0. The molecule has 6 heteroatoms. The lowest BCUT2D eigenvalue weighted by molar-refractivity contribution is -0.137. The van der Waals surface area contributed by atoms with Gasteiger partial charge in [-0.3, -0.25) is 0 Å². The van der Waals surface area contributed by atoms with Crippen LogP contribution in [0, 0.1) is 0 Å². The topological polar surface area (TPSA) is 29.9 Å². The van der Waals surface area contributed by atoms with Crippen LogP contribution >= 0.6 is 0 Å². The molecule has 0 aliphatic carbocycles. The lowest BCUT2D eigenvalue weighted by Gasteiger charge is -2.07. The third-order valence-electron chi connectivity index (χ3n) is 2.48. The van der Waals surface area contributed by atoms with Crippen molar-refractivity contribution in [2.45, 2.75) is 12.7 Å². The SMILES string of the molecule is CNCc1cnn(-c2ccc(C(F)(F)F)cc2)c1. The molecule has 0 radical (unpaired) electrons. The van der Waals surface area contributed by atoms with E-state index in [1.807, 2.05) is 7.05 Å². The standard InChI is InChI=1S/C12H12F3N3/c1-16-6-9-7-17-18(8-9)11-4-2-10(3-5-11)12(13,14)15/h2-5,7-8,16H,6H2,1H3. The summed E-state index contributed by atoms with van der Waals surface area (Å²) in [7, 11) is 1.81. The molecule has 0 aliphatic rings. The molecule has 0 fully saturated rings. The van der Waals surface area contributed by atoms with Crippen molar-refractivity contribution in [2.75, 3.05) is 7.05 Å². The van der Waals surface area contributed by atoms with Crippen LogP contribution in [0.5, 0.6) is 0 Å². The molecule has 96 valence electrons. The van der Waals surface area contributed by atoms with Gasteiger partial charge in [-0.1, -0.05) is 0 Å². The smallest absolute Gasteiger partial charge is 0.316 e. The average molecular weight is 255 g/mol. The van der Waals surface area contributed by atoms with Gasteiger partial charge < -0.3 is 5.32 Å². The molecule has 0 unspecified atom stereocenters. The van der Waals surface area contributed by atoms with Crippen LogP contribution in [0.25, 0.3) is 5.69 Å². The number of rotatable bonds is 3. The number of hydrogen-bond acceptors (Lipinski definition) is 2. The number of nitrogens with zero attached hydrogens (tertiary/aromatic N) is 2. The Morgan fingerprint density at radius 1 is 1.22 bits per heavy atom. The van der Waals surface area contributed by atoms with Crippen molar-refractivity contribution in [1.82, 2.24) is 15.1 Å². The second-order valence-corrected chi connectivity index (χ2v) is 3.87. The van der Waals surface area contributed by atoms with E-state index >= 15 is 0 Å². The zero-order valence-corrected chi connectivity index (χ0v) is 9.70. The van der Waals surface area contributed by atoms with Gasteiger partial charge in [0, 0.05) is 18.3 Å². The highest BCUT2D eigenvalue weighted by Crippen LogP contribution is 2.29. The van der Waals surface area contributed by atoms with E-state index in [2.05, 4.69) is 10.4 Å². The van der Waals surface area contributed by atoms with E-state index in [4.69, 9.17) is 0 Å². The molecule has 0 bridgehead atoms. The summed E-state index contributed by atoms with van der Waals surface area (Å²) < 4.78 is 38.7. The van der Waals surface area contributed by atoms with Crippen molar-refractivity contribution in [2.24, 2.45) is 0 Å². The molecule has 1 aromatic heterocycles. The van der Waals surface area contributed by atoms with Crippen molar-refractivity contribution in [3.8, 4) is 5.69 Å². The molecule has 1 heterocycles. The minimum absolute atomic E-state index is 0.602. The van der Waals surface area contributed by atoms with Crippen molar-refractivity contribution in [1.29, 1.82) is 0 Å². The van der Waals surface area contributed by atoms with Crippen molar-refractivity contribution >= 4 is 0 Å². The second-order valence-electron chi connectivity index (χ2n) is 3.87. The third-order valence-corrected chi connectivity index (χ3v) is 2.48. The molecule has 0 aliphatic heterocycles. The summed E-state index contributed by atoms with van der Waals surface area (Å²) >= 11 is 0. The maximum absolute atomic E-state index is 12.4. The Labute approximate surface area is 102 Å². The summed E-state index contributed by atoms with van der Waals surface area (Å²) in [6.07, 6.45) is -0.854. The molecule has 2 aromatic rings. The summed E-state index contributed by atoms with van der Waals surface area (Å²) in [5, 5.41) is 7.07. The largest absolute Gasteiger partial charge is 0.416 e. The van der Waals surface area contributed by atoms with E-state index in [1.54, 1.807) is 17.1 Å². The van der Waals surface area contributed by atoms with Gasteiger partial charge in [0.2, 0.25) is 0 Å². The molecule has 0 amide bonds. The first kappa shape index (κ1) is 12.6. The molecule has 1 aromatic carbocycles. The van der Waals surface area contributed by atoms with Gasteiger partial charge in [0.15, 0.2) is 0 Å². The number of nitrogens with one attached hydrogen (secondary N) is 1. The minimum atomic E-state index is -4.31. The van der Waals surface area contributed by atoms with Gasteiger partial charge in [-0.05, 0) is 31.3 Å². The van der Waals surface area contributed by atoms with Crippen molar-refractivity contribution in [3.63, 3.8) is 0 Å². The number of alkyl halides is 3. The summed E-state index contributed by atoms with van der Waals surface area (Å²) in [6.45, 7) is 0.667. The van der Waals surface area contributed by atoms with Crippen molar-refractivity contribution < 1.29 is 13.2 Å². The highest BCUT2D eigenvalue weighted by atomic mass is 19.4. The first-order valence-corrected chi connectivity index (χ1v) is 5.36. The molecule has 3 nitrogen and oxygen atoms in total. The lowest BCUT2D eigenvalue weighted by atomic mass is 10.2. The fourth-order valence-electron chi connectivity index (χ4n) is 1.60. The third kappa shape index (κ3) is 2.70. The van der Waals surface area contributed by atoms with Crippen LogP contribution in [-0.2, 0) is 12.7 Å². The van der Waals surface area contributed by atoms with E-state index in [1.165, 1.54) is 12.1 Å². The maximum Gasteiger partial charge on any atom is 0.416 e. The molecule has 0 atom stereocenters. The summed E-state index contributed by atoms with van der Waals surface area (Å²) in [5.41, 5.74) is 0.914. The molecule has 0 spiro atoms. The number of aromatic nitrogens is 2. The molecule has 1 N–H and O–H groups in total. The average Bonchev–Trinajstić information content (AvgIpc) is 2.77. The molecule has 0 saturated heterocycles. The highest BCUT2D eigenvalue weighted by Gasteiger charge is 2.29. The normalized spacial score (nSPS) is 11.8. The predicted molar refractivity (Wildman–Crippen MR) is 61.3 cm³/mol. The van der Waals surface area contributed by atoms with E-state index in [9.17, 15) is 13.2 Å². The summed E-state index contributed by atoms with van der Waals surface area (Å²) in [6, 6.07) is 4.90. The van der Waals surface area contributed by atoms with Crippen LogP contribution in [0.3, 0.4) is 0 Å². The van der Waals surface area contributed by atoms with Gasteiger partial charge >= 0.3 is 6.18 Å². The first-order chi connectivity index (χ1) is 8.50. The Morgan fingerprint density at radius 2 is 1.89 bits per heavy atom. The fourth-order valence-corrected chi connectivity index (χ4v) is 1.60. The fraction of sp³-hybridized carbons (Fsp3) is 0.250. The van der Waals surface area contributed by atoms with Crippen LogP contribution in [0.1, 0.15) is 11.1 Å². The lowest BCUT2D eigenvalue weighted by Crippen LogP contribution is -2.05. The van der Waals surface area contributed by atoms with E-state index in [0.29, 0.717) is 12.2 Å². The van der Waals surface area contributed by atoms with Crippen LogP contribution in [0.2, 0.25) is 0 Å². The van der Waals surface area contributed by atoms with Crippen molar-refractivity contribution in [3.05, 3.63) is 47.8 Å². The zero-order valence-electron chi connectivity index (χ0n) is 9.70. The summed E-state index contributed by atoms with van der Waals surface area (Å²) in [4.78, 5) is 0. The number of halogens is 3. The van der Waals surface area contributed by atoms with E-state index in [-0.39, 0.29) is 0 Å². The van der Waals surface area contributed by atoms with Crippen LogP contribution in [0.4, 0.5) is 13.2 Å². The zero-order chi connectivity index (χ0) is 13.2. The number of benzene rings is 1. The van der Waals surface area contributed by atoms with Crippen LogP contribution in [-0.4, -0.2) is 16.8 Å². The highest BCUT2D eigenvalue weighted by molar-refractivity contribution is 5.35. The van der Waals surface area contributed by atoms with Gasteiger partial charge in [0.05, 0.1) is 17.4 Å². The molecular weight excluding hydrogens is 243 g/mol. The van der Waals surface area contributed by atoms with Gasteiger partial charge in [-0.15, -0.1) is 0 Å². The van der Waals surface area contributed by atoms with Crippen LogP contribution < -0.4 is 5.32 Å². The first-order valence-electron chi connectivity index (χ1n) is 5.36. The van der Waals surface area contributed by atoms with E-state index < -0.39 is 11.7 Å². The van der Waals surface area contributed by atoms with Gasteiger partial charge in [0.25, 0.3) is 0 Å². The van der Waals surface area contributed by atoms with Crippen LogP contribution in [0.15, 0.2) is 36.7 Å². The minimum Gasteiger partial charge on any atom is -0.316 e. The Bertz CT molecular complexity index is 514. The molecule has 2 rings (SSSR count). The van der Waals surface area contributed by atoms with E-state index in [0.717, 1.165) is 17.7 Å². The quantitative estimate of drug-likeness (QED) is 0.913. The van der Waals surface area contributed by atoms with Gasteiger partial charge in [0.1, 0.15) is 0 Å². The monoisotopic (exact) mass is 255 g/mol. The van der Waals surface area contributed by atoms with Gasteiger partial charge in [-0.25, -0.2) is 4.68 Å². The second kappa shape index (κ2) is 4.81. The Balaban J connectivity index is 2.23. The molecular formula is C12H12F3N3. The Kier molecular flexibility index (Phi) is 3.38. The van der Waals surface area contributed by atoms with Gasteiger partial charge in [-0.2, -0.15) is 18.3 Å². The predicted octanol–water partition coefficient (Wildman–Crippen LogP) is 2.61. The Morgan fingerprint density at radius 3 is 2.44 bits per heavy atom. The Hall–Kier alpha value is -1.82.